The molecule has 116 valence electrons. The van der Waals surface area contributed by atoms with Crippen LogP contribution in [-0.4, -0.2) is 23.7 Å². The molecule has 1 unspecified atom stereocenters. The van der Waals surface area contributed by atoms with Crippen molar-refractivity contribution in [2.45, 2.75) is 40.0 Å². The van der Waals surface area contributed by atoms with Crippen LogP contribution in [0.4, 0.5) is 10.5 Å². The van der Waals surface area contributed by atoms with E-state index in [0.717, 1.165) is 0 Å². The number of hydrogen-bond acceptors (Lipinski definition) is 2. The summed E-state index contributed by atoms with van der Waals surface area (Å²) in [7, 11) is 0. The largest absolute Gasteiger partial charge is 0.481 e. The summed E-state index contributed by atoms with van der Waals surface area (Å²) in [5.74, 6) is -0.472. The fourth-order valence-electron chi connectivity index (χ4n) is 1.75. The molecule has 1 aromatic rings. The van der Waals surface area contributed by atoms with E-state index in [1.165, 1.54) is 5.56 Å². The SMILES string of the molecule is CCC(C)(CNC(=O)Nc1ccc(C(C)C)cc1)C(=O)O. The first kappa shape index (κ1) is 17.0. The van der Waals surface area contributed by atoms with Crippen LogP contribution < -0.4 is 10.6 Å². The van der Waals surface area contributed by atoms with Gasteiger partial charge in [-0.1, -0.05) is 32.9 Å². The van der Waals surface area contributed by atoms with Crippen molar-refractivity contribution in [3.8, 4) is 0 Å². The molecule has 0 saturated carbocycles. The van der Waals surface area contributed by atoms with Crippen LogP contribution in [-0.2, 0) is 4.79 Å². The van der Waals surface area contributed by atoms with E-state index in [2.05, 4.69) is 24.5 Å². The highest BCUT2D eigenvalue weighted by molar-refractivity contribution is 5.89. The lowest BCUT2D eigenvalue weighted by molar-refractivity contribution is -0.147. The third-order valence-electron chi connectivity index (χ3n) is 3.77. The fourth-order valence-corrected chi connectivity index (χ4v) is 1.75. The lowest BCUT2D eigenvalue weighted by Crippen LogP contribution is -2.42. The van der Waals surface area contributed by atoms with Gasteiger partial charge in [-0.3, -0.25) is 4.79 Å². The zero-order chi connectivity index (χ0) is 16.0. The van der Waals surface area contributed by atoms with Gasteiger partial charge in [0.05, 0.1) is 5.41 Å². The average molecular weight is 292 g/mol. The summed E-state index contributed by atoms with van der Waals surface area (Å²) in [5.41, 5.74) is 0.939. The number of anilines is 1. The maximum Gasteiger partial charge on any atom is 0.319 e. The van der Waals surface area contributed by atoms with Gasteiger partial charge in [0.2, 0.25) is 0 Å². The Bertz CT molecular complexity index is 497. The van der Waals surface area contributed by atoms with Gasteiger partial charge >= 0.3 is 12.0 Å². The highest BCUT2D eigenvalue weighted by Gasteiger charge is 2.31. The van der Waals surface area contributed by atoms with Gasteiger partial charge in [0, 0.05) is 12.2 Å². The molecule has 3 N–H and O–H groups in total. The number of carbonyl (C=O) groups is 2. The van der Waals surface area contributed by atoms with Crippen molar-refractivity contribution in [2.24, 2.45) is 5.41 Å². The van der Waals surface area contributed by atoms with Crippen molar-refractivity contribution in [3.05, 3.63) is 29.8 Å². The summed E-state index contributed by atoms with van der Waals surface area (Å²) in [6, 6.07) is 7.21. The predicted octanol–water partition coefficient (Wildman–Crippen LogP) is 3.43. The molecule has 0 fully saturated rings. The van der Waals surface area contributed by atoms with Crippen molar-refractivity contribution in [2.75, 3.05) is 11.9 Å². The Morgan fingerprint density at radius 2 is 1.81 bits per heavy atom. The van der Waals surface area contributed by atoms with E-state index in [-0.39, 0.29) is 6.54 Å². The van der Waals surface area contributed by atoms with Crippen LogP contribution in [0.25, 0.3) is 0 Å². The van der Waals surface area contributed by atoms with Crippen LogP contribution in [0.1, 0.15) is 45.6 Å². The second-order valence-electron chi connectivity index (χ2n) is 5.80. The number of urea groups is 1. The molecular formula is C16H24N2O3. The van der Waals surface area contributed by atoms with Crippen LogP contribution >= 0.6 is 0 Å². The van der Waals surface area contributed by atoms with E-state index in [1.807, 2.05) is 24.3 Å². The number of hydrogen-bond donors (Lipinski definition) is 3. The van der Waals surface area contributed by atoms with Crippen LogP contribution in [0, 0.1) is 5.41 Å². The molecule has 0 aliphatic heterocycles. The van der Waals surface area contributed by atoms with E-state index in [1.54, 1.807) is 13.8 Å². The van der Waals surface area contributed by atoms with Crippen molar-refractivity contribution < 1.29 is 14.7 Å². The summed E-state index contributed by atoms with van der Waals surface area (Å²) < 4.78 is 0. The molecule has 0 heterocycles. The monoisotopic (exact) mass is 292 g/mol. The van der Waals surface area contributed by atoms with Crippen LogP contribution in [0.15, 0.2) is 24.3 Å². The smallest absolute Gasteiger partial charge is 0.319 e. The quantitative estimate of drug-likeness (QED) is 0.751. The van der Waals surface area contributed by atoms with Crippen LogP contribution in [0.2, 0.25) is 0 Å². The van der Waals surface area contributed by atoms with Gasteiger partial charge in [0.25, 0.3) is 0 Å². The van der Waals surface area contributed by atoms with Crippen LogP contribution in [0.3, 0.4) is 0 Å². The maximum atomic E-state index is 11.8. The molecule has 0 spiro atoms. The Balaban J connectivity index is 2.56. The molecule has 5 heteroatoms. The first-order valence-corrected chi connectivity index (χ1v) is 7.16. The Hall–Kier alpha value is -2.04. The molecule has 0 bridgehead atoms. The maximum absolute atomic E-state index is 11.8. The number of benzene rings is 1. The number of carboxylic acid groups (broad SMARTS) is 1. The Labute approximate surface area is 125 Å². The van der Waals surface area contributed by atoms with Gasteiger partial charge < -0.3 is 15.7 Å². The molecule has 2 amide bonds. The standard InChI is InChI=1S/C16H24N2O3/c1-5-16(4,14(19)20)10-17-15(21)18-13-8-6-12(7-9-13)11(2)3/h6-9,11H,5,10H2,1-4H3,(H,19,20)(H2,17,18,21). The van der Waals surface area contributed by atoms with Crippen molar-refractivity contribution in [1.29, 1.82) is 0 Å². The second kappa shape index (κ2) is 7.11. The van der Waals surface area contributed by atoms with Gasteiger partial charge in [-0.05, 0) is 37.0 Å². The molecule has 0 radical (unpaired) electrons. The molecular weight excluding hydrogens is 268 g/mol. The summed E-state index contributed by atoms with van der Waals surface area (Å²) >= 11 is 0. The van der Waals surface area contributed by atoms with Gasteiger partial charge in [-0.15, -0.1) is 0 Å². The zero-order valence-corrected chi connectivity index (χ0v) is 13.1. The molecule has 1 rings (SSSR count). The fraction of sp³-hybridized carbons (Fsp3) is 0.500. The molecule has 0 saturated heterocycles. The lowest BCUT2D eigenvalue weighted by atomic mass is 9.88. The Kier molecular flexibility index (Phi) is 5.76. The molecule has 1 atom stereocenters. The zero-order valence-electron chi connectivity index (χ0n) is 13.1. The Morgan fingerprint density at radius 1 is 1.24 bits per heavy atom. The predicted molar refractivity (Wildman–Crippen MR) is 83.6 cm³/mol. The number of rotatable bonds is 6. The minimum absolute atomic E-state index is 0.0920. The molecule has 0 aliphatic rings. The Morgan fingerprint density at radius 3 is 2.24 bits per heavy atom. The highest BCUT2D eigenvalue weighted by Crippen LogP contribution is 2.20. The van der Waals surface area contributed by atoms with Gasteiger partial charge in [0.15, 0.2) is 0 Å². The normalized spacial score (nSPS) is 13.6. The van der Waals surface area contributed by atoms with E-state index in [9.17, 15) is 9.59 Å². The number of carbonyl (C=O) groups excluding carboxylic acids is 1. The van der Waals surface area contributed by atoms with Crippen LogP contribution in [0.5, 0.6) is 0 Å². The topological polar surface area (TPSA) is 78.4 Å². The number of aliphatic carboxylic acids is 1. The summed E-state index contributed by atoms with van der Waals surface area (Å²) in [6.07, 6.45) is 0.450. The minimum atomic E-state index is -0.946. The molecule has 1 aromatic carbocycles. The third-order valence-corrected chi connectivity index (χ3v) is 3.77. The highest BCUT2D eigenvalue weighted by atomic mass is 16.4. The van der Waals surface area contributed by atoms with Gasteiger partial charge in [-0.2, -0.15) is 0 Å². The second-order valence-corrected chi connectivity index (χ2v) is 5.80. The van der Waals surface area contributed by atoms with E-state index in [0.29, 0.717) is 18.0 Å². The van der Waals surface area contributed by atoms with E-state index in [4.69, 9.17) is 5.11 Å². The van der Waals surface area contributed by atoms with E-state index < -0.39 is 17.4 Å². The van der Waals surface area contributed by atoms with Gasteiger partial charge in [0.1, 0.15) is 0 Å². The van der Waals surface area contributed by atoms with Gasteiger partial charge in [-0.25, -0.2) is 4.79 Å². The molecule has 0 aliphatic carbocycles. The molecule has 5 nitrogen and oxygen atoms in total. The average Bonchev–Trinajstić information content (AvgIpc) is 2.45. The molecule has 21 heavy (non-hydrogen) atoms. The first-order chi connectivity index (χ1) is 9.78. The van der Waals surface area contributed by atoms with Crippen molar-refractivity contribution in [3.63, 3.8) is 0 Å². The first-order valence-electron chi connectivity index (χ1n) is 7.16. The number of amides is 2. The lowest BCUT2D eigenvalue weighted by Gasteiger charge is -2.23. The van der Waals surface area contributed by atoms with Crippen molar-refractivity contribution in [1.82, 2.24) is 5.32 Å². The summed E-state index contributed by atoms with van der Waals surface area (Å²) in [4.78, 5) is 23.0. The van der Waals surface area contributed by atoms with Crippen molar-refractivity contribution >= 4 is 17.7 Å². The minimum Gasteiger partial charge on any atom is -0.481 e. The summed E-state index contributed by atoms with van der Waals surface area (Å²) in [5, 5.41) is 14.5. The molecule has 0 aromatic heterocycles. The third kappa shape index (κ3) is 4.77. The number of nitrogens with one attached hydrogen (secondary N) is 2. The summed E-state index contributed by atoms with van der Waals surface area (Å²) in [6.45, 7) is 7.71. The van der Waals surface area contributed by atoms with E-state index >= 15 is 0 Å². The number of carboxylic acids is 1.